The van der Waals surface area contributed by atoms with E-state index in [0.29, 0.717) is 0 Å². The number of benzene rings is 1. The predicted molar refractivity (Wildman–Crippen MR) is 66.1 cm³/mol. The third kappa shape index (κ3) is 2.81. The van der Waals surface area contributed by atoms with Crippen LogP contribution < -0.4 is 0 Å². The Morgan fingerprint density at radius 1 is 1.24 bits per heavy atom. The molecule has 0 saturated carbocycles. The number of hydrogen-bond donors (Lipinski definition) is 0. The molecule has 0 bridgehead atoms. The molecule has 0 spiro atoms. The quantitative estimate of drug-likeness (QED) is 0.785. The molecule has 1 atom stereocenters. The van der Waals surface area contributed by atoms with Crippen molar-refractivity contribution in [3.63, 3.8) is 0 Å². The molecule has 0 aliphatic heterocycles. The highest BCUT2D eigenvalue weighted by molar-refractivity contribution is 7.86. The summed E-state index contributed by atoms with van der Waals surface area (Å²) in [6.45, 7) is 1.71. The van der Waals surface area contributed by atoms with Gasteiger partial charge in [0.05, 0.1) is 17.9 Å². The Labute approximate surface area is 100 Å². The normalized spacial score (nSPS) is 13.8. The number of rotatable bonds is 3. The van der Waals surface area contributed by atoms with Gasteiger partial charge in [0, 0.05) is 11.6 Å². The molecule has 4 nitrogen and oxygen atoms in total. The van der Waals surface area contributed by atoms with Crippen LogP contribution in [-0.4, -0.2) is 19.7 Å². The highest BCUT2D eigenvalue weighted by Gasteiger charge is 2.15. The standard InChI is InChI=1S/C12H13NO3S/c1-9(16-17(2,14)15)10-7-8-13-12-6-4-3-5-11(10)12/h3-9H,1-2H3. The molecule has 0 fully saturated rings. The van der Waals surface area contributed by atoms with Gasteiger partial charge < -0.3 is 0 Å². The molecule has 5 heteroatoms. The average molecular weight is 251 g/mol. The Bertz CT molecular complexity index is 632. The van der Waals surface area contributed by atoms with Crippen molar-refractivity contribution in [2.24, 2.45) is 0 Å². The minimum atomic E-state index is -3.46. The van der Waals surface area contributed by atoms with Crippen LogP contribution in [0.5, 0.6) is 0 Å². The summed E-state index contributed by atoms with van der Waals surface area (Å²) in [6, 6.07) is 9.34. The van der Waals surface area contributed by atoms with E-state index >= 15 is 0 Å². The summed E-state index contributed by atoms with van der Waals surface area (Å²) >= 11 is 0. The molecule has 17 heavy (non-hydrogen) atoms. The van der Waals surface area contributed by atoms with Crippen molar-refractivity contribution in [3.8, 4) is 0 Å². The fourth-order valence-electron chi connectivity index (χ4n) is 1.79. The summed E-state index contributed by atoms with van der Waals surface area (Å²) in [7, 11) is -3.46. The van der Waals surface area contributed by atoms with E-state index in [0.717, 1.165) is 22.7 Å². The van der Waals surface area contributed by atoms with Gasteiger partial charge in [-0.05, 0) is 24.6 Å². The molecule has 2 aromatic rings. The van der Waals surface area contributed by atoms with E-state index in [4.69, 9.17) is 4.18 Å². The fourth-order valence-corrected chi connectivity index (χ4v) is 2.41. The van der Waals surface area contributed by atoms with Gasteiger partial charge in [-0.1, -0.05) is 18.2 Å². The SMILES string of the molecule is CC(OS(C)(=O)=O)c1ccnc2ccccc12. The van der Waals surface area contributed by atoms with Crippen LogP contribution in [0.4, 0.5) is 0 Å². The minimum Gasteiger partial charge on any atom is -0.262 e. The van der Waals surface area contributed by atoms with Crippen LogP contribution in [0, 0.1) is 0 Å². The molecular formula is C12H13NO3S. The maximum absolute atomic E-state index is 11.1. The van der Waals surface area contributed by atoms with Gasteiger partial charge in [-0.25, -0.2) is 0 Å². The van der Waals surface area contributed by atoms with Crippen molar-refractivity contribution in [1.29, 1.82) is 0 Å². The molecule has 0 saturated heterocycles. The van der Waals surface area contributed by atoms with E-state index in [9.17, 15) is 8.42 Å². The van der Waals surface area contributed by atoms with E-state index in [1.54, 1.807) is 19.2 Å². The van der Waals surface area contributed by atoms with Crippen molar-refractivity contribution in [2.45, 2.75) is 13.0 Å². The number of pyridine rings is 1. The van der Waals surface area contributed by atoms with Crippen molar-refractivity contribution < 1.29 is 12.6 Å². The number of aromatic nitrogens is 1. The lowest BCUT2D eigenvalue weighted by Crippen LogP contribution is -2.08. The molecule has 1 heterocycles. The topological polar surface area (TPSA) is 56.3 Å². The lowest BCUT2D eigenvalue weighted by atomic mass is 10.1. The zero-order valence-electron chi connectivity index (χ0n) is 9.62. The van der Waals surface area contributed by atoms with Crippen LogP contribution >= 0.6 is 0 Å². The van der Waals surface area contributed by atoms with Gasteiger partial charge >= 0.3 is 0 Å². The first-order valence-corrected chi connectivity index (χ1v) is 7.01. The molecule has 0 aliphatic rings. The molecule has 1 aromatic heterocycles. The second-order valence-electron chi connectivity index (χ2n) is 3.86. The van der Waals surface area contributed by atoms with Crippen molar-refractivity contribution >= 4 is 21.0 Å². The third-order valence-corrected chi connectivity index (χ3v) is 3.08. The maximum atomic E-state index is 11.1. The number of nitrogens with zero attached hydrogens (tertiary/aromatic N) is 1. The van der Waals surface area contributed by atoms with Gasteiger partial charge in [-0.15, -0.1) is 0 Å². The van der Waals surface area contributed by atoms with Gasteiger partial charge in [-0.2, -0.15) is 8.42 Å². The zero-order valence-corrected chi connectivity index (χ0v) is 10.4. The van der Waals surface area contributed by atoms with Crippen molar-refractivity contribution in [3.05, 3.63) is 42.1 Å². The first-order chi connectivity index (χ1) is 7.97. The molecule has 0 radical (unpaired) electrons. The first kappa shape index (κ1) is 12.0. The van der Waals surface area contributed by atoms with E-state index in [1.165, 1.54) is 0 Å². The van der Waals surface area contributed by atoms with Gasteiger partial charge in [-0.3, -0.25) is 9.17 Å². The third-order valence-electron chi connectivity index (χ3n) is 2.44. The molecular weight excluding hydrogens is 238 g/mol. The highest BCUT2D eigenvalue weighted by Crippen LogP contribution is 2.25. The Balaban J connectivity index is 2.48. The van der Waals surface area contributed by atoms with Crippen LogP contribution in [0.25, 0.3) is 10.9 Å². The van der Waals surface area contributed by atoms with Gasteiger partial charge in [0.25, 0.3) is 10.1 Å². The van der Waals surface area contributed by atoms with Gasteiger partial charge in [0.1, 0.15) is 0 Å². The average Bonchev–Trinajstić information content (AvgIpc) is 2.26. The van der Waals surface area contributed by atoms with Crippen LogP contribution in [0.2, 0.25) is 0 Å². The first-order valence-electron chi connectivity index (χ1n) is 5.19. The second-order valence-corrected chi connectivity index (χ2v) is 5.46. The van der Waals surface area contributed by atoms with Crippen LogP contribution in [0.3, 0.4) is 0 Å². The predicted octanol–water partition coefficient (Wildman–Crippen LogP) is 2.27. The Morgan fingerprint density at radius 3 is 2.65 bits per heavy atom. The van der Waals surface area contributed by atoms with Crippen LogP contribution in [0.15, 0.2) is 36.5 Å². The van der Waals surface area contributed by atoms with Gasteiger partial charge in [0.15, 0.2) is 0 Å². The summed E-state index contributed by atoms with van der Waals surface area (Å²) in [5, 5.41) is 0.908. The minimum absolute atomic E-state index is 0.516. The van der Waals surface area contributed by atoms with E-state index < -0.39 is 16.2 Å². The lowest BCUT2D eigenvalue weighted by molar-refractivity contribution is 0.238. The number of fused-ring (bicyclic) bond motifs is 1. The van der Waals surface area contributed by atoms with Crippen LogP contribution in [0.1, 0.15) is 18.6 Å². The smallest absolute Gasteiger partial charge is 0.262 e. The molecule has 0 aliphatic carbocycles. The zero-order chi connectivity index (χ0) is 12.5. The highest BCUT2D eigenvalue weighted by atomic mass is 32.2. The summed E-state index contributed by atoms with van der Waals surface area (Å²) < 4.78 is 27.2. The van der Waals surface area contributed by atoms with E-state index in [1.807, 2.05) is 24.3 Å². The number of hydrogen-bond acceptors (Lipinski definition) is 4. The molecule has 2 rings (SSSR count). The fraction of sp³-hybridized carbons (Fsp3) is 0.250. The molecule has 0 N–H and O–H groups in total. The van der Waals surface area contributed by atoms with Gasteiger partial charge in [0.2, 0.25) is 0 Å². The largest absolute Gasteiger partial charge is 0.264 e. The second kappa shape index (κ2) is 4.43. The summed E-state index contributed by atoms with van der Waals surface area (Å²) in [4.78, 5) is 4.22. The molecule has 90 valence electrons. The monoisotopic (exact) mass is 251 g/mol. The van der Waals surface area contributed by atoms with Crippen LogP contribution in [-0.2, 0) is 14.3 Å². The summed E-state index contributed by atoms with van der Waals surface area (Å²) in [5.74, 6) is 0. The van der Waals surface area contributed by atoms with Crippen molar-refractivity contribution in [2.75, 3.05) is 6.26 Å². The Hall–Kier alpha value is -1.46. The van der Waals surface area contributed by atoms with E-state index in [-0.39, 0.29) is 0 Å². The lowest BCUT2D eigenvalue weighted by Gasteiger charge is -2.13. The molecule has 1 aromatic carbocycles. The summed E-state index contributed by atoms with van der Waals surface area (Å²) in [5.41, 5.74) is 1.65. The Kier molecular flexibility index (Phi) is 3.13. The van der Waals surface area contributed by atoms with Crippen molar-refractivity contribution in [1.82, 2.24) is 4.98 Å². The maximum Gasteiger partial charge on any atom is 0.264 e. The Morgan fingerprint density at radius 2 is 1.94 bits per heavy atom. The number of para-hydroxylation sites is 1. The summed E-state index contributed by atoms with van der Waals surface area (Å²) in [6.07, 6.45) is 2.19. The molecule has 1 unspecified atom stereocenters. The molecule has 0 amide bonds. The van der Waals surface area contributed by atoms with E-state index in [2.05, 4.69) is 4.98 Å².